The molecule has 0 aliphatic rings. The molecule has 126 valence electrons. The quantitative estimate of drug-likeness (QED) is 0.287. The molecular formula is C24H16Br2. The van der Waals surface area contributed by atoms with Crippen LogP contribution in [0.2, 0.25) is 0 Å². The van der Waals surface area contributed by atoms with Crippen LogP contribution in [0.1, 0.15) is 0 Å². The van der Waals surface area contributed by atoms with Crippen molar-refractivity contribution in [3.8, 4) is 33.4 Å². The molecule has 0 aliphatic carbocycles. The van der Waals surface area contributed by atoms with Crippen LogP contribution in [0.3, 0.4) is 0 Å². The molecule has 0 aromatic heterocycles. The van der Waals surface area contributed by atoms with Crippen molar-refractivity contribution in [1.82, 2.24) is 0 Å². The third kappa shape index (κ3) is 3.40. The standard InChI is InChI=1S/C24H16Br2/c25-20-13-11-19(12-14-20)24-22(26)16-15-21(17-7-3-1-4-8-17)23(24)18-9-5-2-6-10-18/h1-16H. The minimum Gasteiger partial charge on any atom is -0.0622 e. The number of rotatable bonds is 3. The van der Waals surface area contributed by atoms with E-state index < -0.39 is 0 Å². The predicted octanol–water partition coefficient (Wildman–Crippen LogP) is 8.21. The summed E-state index contributed by atoms with van der Waals surface area (Å²) in [7, 11) is 0. The molecule has 4 rings (SSSR count). The highest BCUT2D eigenvalue weighted by Gasteiger charge is 2.16. The predicted molar refractivity (Wildman–Crippen MR) is 118 cm³/mol. The van der Waals surface area contributed by atoms with E-state index in [2.05, 4.69) is 129 Å². The van der Waals surface area contributed by atoms with E-state index in [-0.39, 0.29) is 0 Å². The zero-order valence-electron chi connectivity index (χ0n) is 14.0. The van der Waals surface area contributed by atoms with Gasteiger partial charge in [-0.3, -0.25) is 0 Å². The van der Waals surface area contributed by atoms with Crippen LogP contribution in [-0.2, 0) is 0 Å². The summed E-state index contributed by atoms with van der Waals surface area (Å²) in [6, 6.07) is 34.0. The molecular weight excluding hydrogens is 448 g/mol. The Balaban J connectivity index is 2.06. The summed E-state index contributed by atoms with van der Waals surface area (Å²) in [6.07, 6.45) is 0. The Labute approximate surface area is 170 Å². The fraction of sp³-hybridized carbons (Fsp3) is 0. The Morgan fingerprint density at radius 2 is 0.962 bits per heavy atom. The minimum absolute atomic E-state index is 1.08. The van der Waals surface area contributed by atoms with E-state index in [9.17, 15) is 0 Å². The van der Waals surface area contributed by atoms with Crippen molar-refractivity contribution < 1.29 is 0 Å². The lowest BCUT2D eigenvalue weighted by Gasteiger charge is -2.18. The van der Waals surface area contributed by atoms with Crippen LogP contribution in [-0.4, -0.2) is 0 Å². The highest BCUT2D eigenvalue weighted by Crippen LogP contribution is 2.44. The summed E-state index contributed by atoms with van der Waals surface area (Å²) in [5.74, 6) is 0. The monoisotopic (exact) mass is 462 g/mol. The van der Waals surface area contributed by atoms with Gasteiger partial charge in [0.15, 0.2) is 0 Å². The lowest BCUT2D eigenvalue weighted by Crippen LogP contribution is -1.92. The van der Waals surface area contributed by atoms with Crippen LogP contribution in [0.25, 0.3) is 33.4 Å². The SMILES string of the molecule is Brc1ccc(-c2c(Br)ccc(-c3ccccc3)c2-c2ccccc2)cc1. The summed E-state index contributed by atoms with van der Waals surface area (Å²) in [4.78, 5) is 0. The van der Waals surface area contributed by atoms with Gasteiger partial charge in [0.1, 0.15) is 0 Å². The highest BCUT2D eigenvalue weighted by molar-refractivity contribution is 9.10. The smallest absolute Gasteiger partial charge is 0.0260 e. The second-order valence-corrected chi connectivity index (χ2v) is 7.85. The van der Waals surface area contributed by atoms with Crippen LogP contribution in [0.15, 0.2) is 106 Å². The Kier molecular flexibility index (Phi) is 5.05. The van der Waals surface area contributed by atoms with E-state index >= 15 is 0 Å². The summed E-state index contributed by atoms with van der Waals surface area (Å²) in [5.41, 5.74) is 7.32. The number of benzene rings is 4. The summed E-state index contributed by atoms with van der Waals surface area (Å²) in [6.45, 7) is 0. The molecule has 0 aliphatic heterocycles. The maximum Gasteiger partial charge on any atom is 0.0260 e. The van der Waals surface area contributed by atoms with Crippen LogP contribution < -0.4 is 0 Å². The Bertz CT molecular complexity index is 1020. The molecule has 0 N–H and O–H groups in total. The lowest BCUT2D eigenvalue weighted by atomic mass is 9.88. The first-order chi connectivity index (χ1) is 12.7. The second-order valence-electron chi connectivity index (χ2n) is 6.08. The fourth-order valence-corrected chi connectivity index (χ4v) is 4.06. The summed E-state index contributed by atoms with van der Waals surface area (Å²) < 4.78 is 2.18. The Hall–Kier alpha value is -2.16. The minimum atomic E-state index is 1.08. The third-order valence-electron chi connectivity index (χ3n) is 4.43. The number of hydrogen-bond acceptors (Lipinski definition) is 0. The van der Waals surface area contributed by atoms with Gasteiger partial charge in [-0.1, -0.05) is 111 Å². The van der Waals surface area contributed by atoms with E-state index in [0.717, 1.165) is 8.95 Å². The van der Waals surface area contributed by atoms with Gasteiger partial charge in [0.25, 0.3) is 0 Å². The molecule has 0 unspecified atom stereocenters. The maximum absolute atomic E-state index is 3.79. The van der Waals surface area contributed by atoms with Gasteiger partial charge in [0, 0.05) is 14.5 Å². The highest BCUT2D eigenvalue weighted by atomic mass is 79.9. The zero-order valence-corrected chi connectivity index (χ0v) is 17.2. The van der Waals surface area contributed by atoms with Gasteiger partial charge in [-0.05, 0) is 46.0 Å². The largest absolute Gasteiger partial charge is 0.0622 e. The van der Waals surface area contributed by atoms with Crippen molar-refractivity contribution in [1.29, 1.82) is 0 Å². The summed E-state index contributed by atoms with van der Waals surface area (Å²) >= 11 is 7.33. The molecule has 0 heterocycles. The van der Waals surface area contributed by atoms with Gasteiger partial charge < -0.3 is 0 Å². The average Bonchev–Trinajstić information content (AvgIpc) is 2.70. The van der Waals surface area contributed by atoms with Gasteiger partial charge >= 0.3 is 0 Å². The molecule has 0 amide bonds. The Morgan fingerprint density at radius 3 is 1.58 bits per heavy atom. The molecule has 0 fully saturated rings. The number of hydrogen-bond donors (Lipinski definition) is 0. The van der Waals surface area contributed by atoms with Gasteiger partial charge in [-0.15, -0.1) is 0 Å². The van der Waals surface area contributed by atoms with Crippen LogP contribution >= 0.6 is 31.9 Å². The molecule has 0 radical (unpaired) electrons. The van der Waals surface area contributed by atoms with Crippen molar-refractivity contribution in [2.45, 2.75) is 0 Å². The zero-order chi connectivity index (χ0) is 17.9. The molecule has 4 aromatic rings. The molecule has 0 nitrogen and oxygen atoms in total. The fourth-order valence-electron chi connectivity index (χ4n) is 3.24. The molecule has 4 aromatic carbocycles. The van der Waals surface area contributed by atoms with Crippen molar-refractivity contribution in [2.24, 2.45) is 0 Å². The molecule has 0 spiro atoms. The molecule has 0 saturated heterocycles. The van der Waals surface area contributed by atoms with Crippen molar-refractivity contribution in [3.63, 3.8) is 0 Å². The van der Waals surface area contributed by atoms with Gasteiger partial charge in [0.05, 0.1) is 0 Å². The van der Waals surface area contributed by atoms with E-state index in [1.165, 1.54) is 33.4 Å². The van der Waals surface area contributed by atoms with Crippen molar-refractivity contribution in [3.05, 3.63) is 106 Å². The normalized spacial score (nSPS) is 10.7. The summed E-state index contributed by atoms with van der Waals surface area (Å²) in [5, 5.41) is 0. The first-order valence-electron chi connectivity index (χ1n) is 8.43. The average molecular weight is 464 g/mol. The molecule has 0 bridgehead atoms. The maximum atomic E-state index is 3.79. The first-order valence-corrected chi connectivity index (χ1v) is 10.0. The molecule has 0 saturated carbocycles. The van der Waals surface area contributed by atoms with E-state index in [1.807, 2.05) is 0 Å². The van der Waals surface area contributed by atoms with Gasteiger partial charge in [-0.2, -0.15) is 0 Å². The first kappa shape index (κ1) is 17.3. The van der Waals surface area contributed by atoms with E-state index in [1.54, 1.807) is 0 Å². The van der Waals surface area contributed by atoms with Crippen LogP contribution in [0, 0.1) is 0 Å². The topological polar surface area (TPSA) is 0 Å². The molecule has 2 heteroatoms. The molecule has 26 heavy (non-hydrogen) atoms. The van der Waals surface area contributed by atoms with E-state index in [0.29, 0.717) is 0 Å². The van der Waals surface area contributed by atoms with Gasteiger partial charge in [0.2, 0.25) is 0 Å². The van der Waals surface area contributed by atoms with Crippen molar-refractivity contribution >= 4 is 31.9 Å². The van der Waals surface area contributed by atoms with Gasteiger partial charge in [-0.25, -0.2) is 0 Å². The van der Waals surface area contributed by atoms with Crippen LogP contribution in [0.4, 0.5) is 0 Å². The Morgan fingerprint density at radius 1 is 0.423 bits per heavy atom. The van der Waals surface area contributed by atoms with E-state index in [4.69, 9.17) is 0 Å². The lowest BCUT2D eigenvalue weighted by molar-refractivity contribution is 1.53. The third-order valence-corrected chi connectivity index (χ3v) is 5.62. The molecule has 0 atom stereocenters. The second kappa shape index (κ2) is 7.61. The van der Waals surface area contributed by atoms with Crippen LogP contribution in [0.5, 0.6) is 0 Å². The number of halogens is 2. The van der Waals surface area contributed by atoms with Crippen molar-refractivity contribution in [2.75, 3.05) is 0 Å².